The summed E-state index contributed by atoms with van der Waals surface area (Å²) in [5.74, 6) is 1.11. The second-order valence-corrected chi connectivity index (χ2v) is 6.78. The van der Waals surface area contributed by atoms with Gasteiger partial charge in [-0.15, -0.1) is 11.6 Å². The molecule has 1 aliphatic rings. The van der Waals surface area contributed by atoms with E-state index < -0.39 is 0 Å². The molecule has 1 fully saturated rings. The zero-order valence-corrected chi connectivity index (χ0v) is 14.2. The van der Waals surface area contributed by atoms with Gasteiger partial charge in [-0.3, -0.25) is 0 Å². The van der Waals surface area contributed by atoms with Gasteiger partial charge in [0.1, 0.15) is 11.6 Å². The molecule has 0 atom stereocenters. The van der Waals surface area contributed by atoms with Crippen LogP contribution < -0.4 is 0 Å². The fraction of sp³-hybridized carbons (Fsp3) is 0.533. The van der Waals surface area contributed by atoms with Crippen LogP contribution in [0.4, 0.5) is 4.39 Å². The average Bonchev–Trinajstić information content (AvgIpc) is 2.72. The van der Waals surface area contributed by atoms with E-state index in [-0.39, 0.29) is 11.4 Å². The first kappa shape index (κ1) is 15.3. The normalized spacial score (nSPS) is 17.1. The zero-order chi connectivity index (χ0) is 15.0. The number of methoxy groups -OCH3 is 1. The van der Waals surface area contributed by atoms with Gasteiger partial charge in [-0.05, 0) is 41.3 Å². The number of nitrogens with zero attached hydrogens (tertiary/aromatic N) is 2. The van der Waals surface area contributed by atoms with E-state index in [1.54, 1.807) is 13.2 Å². The lowest BCUT2D eigenvalue weighted by molar-refractivity contribution is -0.0832. The lowest BCUT2D eigenvalue weighted by Gasteiger charge is -2.41. The third kappa shape index (κ3) is 2.71. The molecule has 6 heteroatoms. The minimum Gasteiger partial charge on any atom is -0.376 e. The third-order valence-electron chi connectivity index (χ3n) is 4.33. The Morgan fingerprint density at radius 3 is 2.81 bits per heavy atom. The van der Waals surface area contributed by atoms with Crippen molar-refractivity contribution in [2.24, 2.45) is 0 Å². The van der Waals surface area contributed by atoms with Crippen molar-refractivity contribution < 1.29 is 9.13 Å². The monoisotopic (exact) mass is 374 g/mol. The summed E-state index contributed by atoms with van der Waals surface area (Å²) in [4.78, 5) is 4.61. The molecule has 0 spiro atoms. The number of hydrogen-bond acceptors (Lipinski definition) is 2. The Hall–Kier alpha value is -0.650. The van der Waals surface area contributed by atoms with Crippen LogP contribution in [-0.2, 0) is 17.7 Å². The van der Waals surface area contributed by atoms with E-state index in [0.717, 1.165) is 29.7 Å². The fourth-order valence-corrected chi connectivity index (χ4v) is 3.41. The largest absolute Gasteiger partial charge is 0.376 e. The van der Waals surface area contributed by atoms with Gasteiger partial charge in [-0.2, -0.15) is 0 Å². The van der Waals surface area contributed by atoms with E-state index in [1.165, 1.54) is 12.5 Å². The van der Waals surface area contributed by atoms with E-state index in [4.69, 9.17) is 16.3 Å². The van der Waals surface area contributed by atoms with Gasteiger partial charge in [0.05, 0.1) is 27.7 Å². The highest BCUT2D eigenvalue weighted by Crippen LogP contribution is 2.38. The van der Waals surface area contributed by atoms with Crippen LogP contribution in [0.5, 0.6) is 0 Å². The van der Waals surface area contributed by atoms with E-state index in [1.807, 2.05) is 0 Å². The van der Waals surface area contributed by atoms with Gasteiger partial charge in [-0.25, -0.2) is 9.37 Å². The minimum atomic E-state index is -0.277. The molecule has 0 radical (unpaired) electrons. The second-order valence-electron chi connectivity index (χ2n) is 5.55. The highest BCUT2D eigenvalue weighted by molar-refractivity contribution is 9.10. The maximum absolute atomic E-state index is 13.9. The summed E-state index contributed by atoms with van der Waals surface area (Å²) in [6.45, 7) is 0.702. The van der Waals surface area contributed by atoms with Gasteiger partial charge in [0, 0.05) is 25.5 Å². The van der Waals surface area contributed by atoms with Crippen LogP contribution in [0.2, 0.25) is 0 Å². The van der Waals surface area contributed by atoms with Crippen LogP contribution in [0.25, 0.3) is 11.0 Å². The Kier molecular flexibility index (Phi) is 4.26. The summed E-state index contributed by atoms with van der Waals surface area (Å²) in [5, 5.41) is 0. The van der Waals surface area contributed by atoms with Crippen molar-refractivity contribution in [1.29, 1.82) is 0 Å². The number of hydrogen-bond donors (Lipinski definition) is 0. The quantitative estimate of drug-likeness (QED) is 0.729. The Labute approximate surface area is 136 Å². The number of benzene rings is 1. The molecule has 0 aliphatic heterocycles. The molecule has 0 unspecified atom stereocenters. The molecule has 114 valence electrons. The molecule has 0 N–H and O–H groups in total. The van der Waals surface area contributed by atoms with Crippen LogP contribution in [0.15, 0.2) is 16.6 Å². The van der Waals surface area contributed by atoms with Crippen LogP contribution >= 0.6 is 27.5 Å². The van der Waals surface area contributed by atoms with Crippen molar-refractivity contribution >= 4 is 38.6 Å². The number of aryl methyl sites for hydroxylation is 1. The van der Waals surface area contributed by atoms with Crippen LogP contribution in [-0.4, -0.2) is 28.1 Å². The second kappa shape index (κ2) is 5.86. The topological polar surface area (TPSA) is 27.1 Å². The summed E-state index contributed by atoms with van der Waals surface area (Å²) in [5.41, 5.74) is 1.45. The molecule has 2 aromatic rings. The Balaban J connectivity index is 2.09. The van der Waals surface area contributed by atoms with Crippen molar-refractivity contribution in [2.75, 3.05) is 13.0 Å². The van der Waals surface area contributed by atoms with E-state index in [9.17, 15) is 4.39 Å². The fourth-order valence-electron chi connectivity index (χ4n) is 2.91. The number of alkyl halides is 1. The first-order chi connectivity index (χ1) is 10.1. The average molecular weight is 376 g/mol. The van der Waals surface area contributed by atoms with Crippen molar-refractivity contribution in [3.8, 4) is 0 Å². The van der Waals surface area contributed by atoms with Crippen LogP contribution in [0, 0.1) is 5.82 Å². The van der Waals surface area contributed by atoms with Crippen molar-refractivity contribution in [3.63, 3.8) is 0 Å². The molecule has 1 aromatic heterocycles. The maximum Gasteiger partial charge on any atom is 0.139 e. The van der Waals surface area contributed by atoms with E-state index >= 15 is 0 Å². The van der Waals surface area contributed by atoms with Gasteiger partial charge >= 0.3 is 0 Å². The van der Waals surface area contributed by atoms with E-state index in [0.29, 0.717) is 23.3 Å². The van der Waals surface area contributed by atoms with Gasteiger partial charge < -0.3 is 9.30 Å². The summed E-state index contributed by atoms with van der Waals surface area (Å²) >= 11 is 9.10. The number of fused-ring (bicyclic) bond motifs is 1. The predicted octanol–water partition coefficient (Wildman–Crippen LogP) is 4.29. The summed E-state index contributed by atoms with van der Waals surface area (Å²) in [6.07, 6.45) is 3.89. The molecule has 3 rings (SSSR count). The van der Waals surface area contributed by atoms with Crippen molar-refractivity contribution in [1.82, 2.24) is 9.55 Å². The molecule has 1 aliphatic carbocycles. The Morgan fingerprint density at radius 2 is 2.24 bits per heavy atom. The van der Waals surface area contributed by atoms with E-state index in [2.05, 4.69) is 25.5 Å². The van der Waals surface area contributed by atoms with Crippen molar-refractivity contribution in [2.45, 2.75) is 37.8 Å². The molecular formula is C15H17BrClFN2O. The van der Waals surface area contributed by atoms with Crippen LogP contribution in [0.3, 0.4) is 0 Å². The summed E-state index contributed by atoms with van der Waals surface area (Å²) < 4.78 is 22.1. The highest BCUT2D eigenvalue weighted by Gasteiger charge is 2.38. The van der Waals surface area contributed by atoms with Gasteiger partial charge in [-0.1, -0.05) is 0 Å². The highest BCUT2D eigenvalue weighted by atomic mass is 79.9. The first-order valence-electron chi connectivity index (χ1n) is 7.04. The molecular weight excluding hydrogens is 359 g/mol. The minimum absolute atomic E-state index is 0.141. The number of ether oxygens (including phenoxy) is 1. The number of imidazole rings is 1. The first-order valence-corrected chi connectivity index (χ1v) is 8.36. The Bertz CT molecular complexity index is 664. The number of halogens is 3. The van der Waals surface area contributed by atoms with Crippen LogP contribution in [0.1, 0.15) is 25.1 Å². The molecule has 0 saturated heterocycles. The standard InChI is InChI=1S/C15H17BrClFN2O/c1-21-15(4-2-5-15)9-20-13-8-11(18)10(16)7-12(13)19-14(20)3-6-17/h7-8H,2-6,9H2,1H3. The SMILES string of the molecule is COC1(Cn2c(CCCl)nc3cc(Br)c(F)cc32)CCC1. The molecule has 21 heavy (non-hydrogen) atoms. The number of aromatic nitrogens is 2. The summed E-state index contributed by atoms with van der Waals surface area (Å²) in [6, 6.07) is 3.26. The molecule has 0 bridgehead atoms. The lowest BCUT2D eigenvalue weighted by Crippen LogP contribution is -2.43. The maximum atomic E-state index is 13.9. The summed E-state index contributed by atoms with van der Waals surface area (Å²) in [7, 11) is 1.75. The smallest absolute Gasteiger partial charge is 0.139 e. The predicted molar refractivity (Wildman–Crippen MR) is 85.4 cm³/mol. The van der Waals surface area contributed by atoms with Gasteiger partial charge in [0.25, 0.3) is 0 Å². The molecule has 0 amide bonds. The Morgan fingerprint density at radius 1 is 1.48 bits per heavy atom. The van der Waals surface area contributed by atoms with Gasteiger partial charge in [0.2, 0.25) is 0 Å². The van der Waals surface area contributed by atoms with Crippen molar-refractivity contribution in [3.05, 3.63) is 28.2 Å². The third-order valence-corrected chi connectivity index (χ3v) is 5.13. The zero-order valence-electron chi connectivity index (χ0n) is 11.8. The molecule has 3 nitrogen and oxygen atoms in total. The number of rotatable bonds is 5. The lowest BCUT2D eigenvalue weighted by atomic mass is 9.80. The van der Waals surface area contributed by atoms with Gasteiger partial charge in [0.15, 0.2) is 0 Å². The molecule has 1 heterocycles. The molecule has 1 aromatic carbocycles. The molecule has 1 saturated carbocycles.